The lowest BCUT2D eigenvalue weighted by atomic mass is 9.85. The maximum atomic E-state index is 12.5. The molecule has 2 fully saturated rings. The van der Waals surface area contributed by atoms with Crippen LogP contribution in [0.5, 0.6) is 5.75 Å². The van der Waals surface area contributed by atoms with Gasteiger partial charge in [0.05, 0.1) is 18.8 Å². The SMILES string of the molecule is COc1ccc(Br)cc1NC(=O)C1CC2CCCCC2N1. The van der Waals surface area contributed by atoms with Gasteiger partial charge in [-0.2, -0.15) is 0 Å². The van der Waals surface area contributed by atoms with E-state index in [-0.39, 0.29) is 11.9 Å². The highest BCUT2D eigenvalue weighted by molar-refractivity contribution is 9.10. The predicted molar refractivity (Wildman–Crippen MR) is 86.6 cm³/mol. The molecule has 1 saturated heterocycles. The van der Waals surface area contributed by atoms with E-state index in [2.05, 4.69) is 26.6 Å². The minimum absolute atomic E-state index is 0.0424. The number of nitrogens with one attached hydrogen (secondary N) is 2. The van der Waals surface area contributed by atoms with Crippen LogP contribution in [-0.4, -0.2) is 25.1 Å². The summed E-state index contributed by atoms with van der Waals surface area (Å²) in [5.41, 5.74) is 0.716. The molecule has 0 aromatic heterocycles. The van der Waals surface area contributed by atoms with E-state index in [1.807, 2.05) is 18.2 Å². The molecular formula is C16H21BrN2O2. The highest BCUT2D eigenvalue weighted by Crippen LogP contribution is 2.34. The third-order valence-electron chi connectivity index (χ3n) is 4.60. The number of amides is 1. The molecule has 5 heteroatoms. The average molecular weight is 353 g/mol. The molecule has 21 heavy (non-hydrogen) atoms. The van der Waals surface area contributed by atoms with Crippen molar-refractivity contribution in [1.82, 2.24) is 5.32 Å². The Morgan fingerprint density at radius 1 is 1.38 bits per heavy atom. The van der Waals surface area contributed by atoms with E-state index in [0.29, 0.717) is 23.4 Å². The third-order valence-corrected chi connectivity index (χ3v) is 5.09. The van der Waals surface area contributed by atoms with Crippen LogP contribution in [0.15, 0.2) is 22.7 Å². The van der Waals surface area contributed by atoms with Crippen LogP contribution in [0.1, 0.15) is 32.1 Å². The molecule has 1 heterocycles. The van der Waals surface area contributed by atoms with Crippen LogP contribution in [0.4, 0.5) is 5.69 Å². The van der Waals surface area contributed by atoms with Gasteiger partial charge in [0.25, 0.3) is 0 Å². The number of rotatable bonds is 3. The van der Waals surface area contributed by atoms with Gasteiger partial charge in [-0.15, -0.1) is 0 Å². The Hall–Kier alpha value is -1.07. The van der Waals surface area contributed by atoms with E-state index in [9.17, 15) is 4.79 Å². The highest BCUT2D eigenvalue weighted by atomic mass is 79.9. The van der Waals surface area contributed by atoms with Crippen LogP contribution in [0.3, 0.4) is 0 Å². The summed E-state index contributed by atoms with van der Waals surface area (Å²) < 4.78 is 6.23. The zero-order valence-electron chi connectivity index (χ0n) is 12.2. The minimum Gasteiger partial charge on any atom is -0.495 e. The second-order valence-corrected chi connectivity index (χ2v) is 6.86. The van der Waals surface area contributed by atoms with Gasteiger partial charge >= 0.3 is 0 Å². The molecule has 4 nitrogen and oxygen atoms in total. The number of hydrogen-bond acceptors (Lipinski definition) is 3. The molecule has 2 aliphatic rings. The summed E-state index contributed by atoms with van der Waals surface area (Å²) in [7, 11) is 1.61. The summed E-state index contributed by atoms with van der Waals surface area (Å²) >= 11 is 3.43. The summed E-state index contributed by atoms with van der Waals surface area (Å²) in [4.78, 5) is 12.5. The van der Waals surface area contributed by atoms with Gasteiger partial charge in [-0.25, -0.2) is 0 Å². The number of benzene rings is 1. The molecular weight excluding hydrogens is 332 g/mol. The van der Waals surface area contributed by atoms with Crippen molar-refractivity contribution in [3.8, 4) is 5.75 Å². The third kappa shape index (κ3) is 3.24. The van der Waals surface area contributed by atoms with Crippen molar-refractivity contribution in [1.29, 1.82) is 0 Å². The van der Waals surface area contributed by atoms with E-state index < -0.39 is 0 Å². The first-order chi connectivity index (χ1) is 10.2. The van der Waals surface area contributed by atoms with Crippen LogP contribution in [0.25, 0.3) is 0 Å². The zero-order valence-corrected chi connectivity index (χ0v) is 13.8. The molecule has 1 saturated carbocycles. The summed E-state index contributed by atoms with van der Waals surface area (Å²) in [6.45, 7) is 0. The van der Waals surface area contributed by atoms with E-state index in [4.69, 9.17) is 4.74 Å². The number of anilines is 1. The van der Waals surface area contributed by atoms with Gasteiger partial charge in [0.2, 0.25) is 5.91 Å². The quantitative estimate of drug-likeness (QED) is 0.877. The monoisotopic (exact) mass is 352 g/mol. The van der Waals surface area contributed by atoms with Gasteiger partial charge in [0.1, 0.15) is 5.75 Å². The van der Waals surface area contributed by atoms with Crippen molar-refractivity contribution in [2.45, 2.75) is 44.2 Å². The van der Waals surface area contributed by atoms with E-state index in [1.165, 1.54) is 25.7 Å². The fourth-order valence-electron chi connectivity index (χ4n) is 3.52. The average Bonchev–Trinajstić information content (AvgIpc) is 2.91. The fourth-order valence-corrected chi connectivity index (χ4v) is 3.88. The number of carbonyl (C=O) groups excluding carboxylic acids is 1. The summed E-state index contributed by atoms with van der Waals surface area (Å²) in [5, 5.41) is 6.50. The molecule has 0 radical (unpaired) electrons. The molecule has 114 valence electrons. The topological polar surface area (TPSA) is 50.4 Å². The Labute approximate surface area is 133 Å². The smallest absolute Gasteiger partial charge is 0.241 e. The van der Waals surface area contributed by atoms with Crippen molar-refractivity contribution in [3.63, 3.8) is 0 Å². The van der Waals surface area contributed by atoms with Crippen molar-refractivity contribution in [2.75, 3.05) is 12.4 Å². The van der Waals surface area contributed by atoms with Gasteiger partial charge in [0, 0.05) is 10.5 Å². The predicted octanol–water partition coefficient (Wildman–Crippen LogP) is 3.32. The van der Waals surface area contributed by atoms with Gasteiger partial charge in [0.15, 0.2) is 0 Å². The van der Waals surface area contributed by atoms with Gasteiger partial charge in [-0.3, -0.25) is 4.79 Å². The fraction of sp³-hybridized carbons (Fsp3) is 0.562. The van der Waals surface area contributed by atoms with Crippen LogP contribution in [-0.2, 0) is 4.79 Å². The van der Waals surface area contributed by atoms with Crippen LogP contribution >= 0.6 is 15.9 Å². The summed E-state index contributed by atoms with van der Waals surface area (Å²) in [6, 6.07) is 6.07. The maximum absolute atomic E-state index is 12.5. The summed E-state index contributed by atoms with van der Waals surface area (Å²) in [6.07, 6.45) is 5.99. The van der Waals surface area contributed by atoms with Crippen molar-refractivity contribution < 1.29 is 9.53 Å². The second-order valence-electron chi connectivity index (χ2n) is 5.94. The minimum atomic E-state index is -0.0817. The van der Waals surface area contributed by atoms with E-state index in [0.717, 1.165) is 10.9 Å². The Morgan fingerprint density at radius 2 is 2.19 bits per heavy atom. The van der Waals surface area contributed by atoms with Crippen molar-refractivity contribution in [3.05, 3.63) is 22.7 Å². The van der Waals surface area contributed by atoms with E-state index >= 15 is 0 Å². The largest absolute Gasteiger partial charge is 0.495 e. The first-order valence-corrected chi connectivity index (χ1v) is 8.37. The van der Waals surface area contributed by atoms with Gasteiger partial charge in [-0.1, -0.05) is 28.8 Å². The van der Waals surface area contributed by atoms with Crippen LogP contribution in [0.2, 0.25) is 0 Å². The Morgan fingerprint density at radius 3 is 2.95 bits per heavy atom. The number of ether oxygens (including phenoxy) is 1. The lowest BCUT2D eigenvalue weighted by molar-refractivity contribution is -0.117. The lowest BCUT2D eigenvalue weighted by Crippen LogP contribution is -2.39. The maximum Gasteiger partial charge on any atom is 0.241 e. The van der Waals surface area contributed by atoms with Gasteiger partial charge < -0.3 is 15.4 Å². The first kappa shape index (κ1) is 14.9. The Kier molecular flexibility index (Phi) is 4.50. The van der Waals surface area contributed by atoms with Gasteiger partial charge in [-0.05, 0) is 43.4 Å². The molecule has 1 aromatic rings. The molecule has 2 N–H and O–H groups in total. The molecule has 3 rings (SSSR count). The number of hydrogen-bond donors (Lipinski definition) is 2. The van der Waals surface area contributed by atoms with E-state index in [1.54, 1.807) is 7.11 Å². The van der Waals surface area contributed by atoms with Crippen molar-refractivity contribution in [2.24, 2.45) is 5.92 Å². The second kappa shape index (κ2) is 6.36. The van der Waals surface area contributed by atoms with Crippen LogP contribution in [0, 0.1) is 5.92 Å². The van der Waals surface area contributed by atoms with Crippen molar-refractivity contribution >= 4 is 27.5 Å². The number of halogens is 1. The molecule has 1 aliphatic carbocycles. The highest BCUT2D eigenvalue weighted by Gasteiger charge is 2.38. The Bertz CT molecular complexity index is 521. The molecule has 3 unspecified atom stereocenters. The molecule has 3 atom stereocenters. The zero-order chi connectivity index (χ0) is 14.8. The lowest BCUT2D eigenvalue weighted by Gasteiger charge is -2.24. The molecule has 1 aromatic carbocycles. The van der Waals surface area contributed by atoms with Crippen LogP contribution < -0.4 is 15.4 Å². The normalized spacial score (nSPS) is 28.0. The summed E-state index contributed by atoms with van der Waals surface area (Å²) in [5.74, 6) is 1.39. The molecule has 1 aliphatic heterocycles. The molecule has 1 amide bonds. The Balaban J connectivity index is 1.68. The molecule has 0 spiro atoms. The number of fused-ring (bicyclic) bond motifs is 1. The number of carbonyl (C=O) groups is 1. The molecule has 0 bridgehead atoms. The number of methoxy groups -OCH3 is 1. The standard InChI is InChI=1S/C16H21BrN2O2/c1-21-15-7-6-11(17)9-13(15)19-16(20)14-8-10-4-2-3-5-12(10)18-14/h6-7,9-10,12,14,18H,2-5,8H2,1H3,(H,19,20). The first-order valence-electron chi connectivity index (χ1n) is 7.58.